The van der Waals surface area contributed by atoms with Gasteiger partial charge in [0.1, 0.15) is 0 Å². The maximum Gasteiger partial charge on any atom is 0.417 e. The van der Waals surface area contributed by atoms with Crippen molar-refractivity contribution >= 4 is 5.57 Å². The van der Waals surface area contributed by atoms with Crippen molar-refractivity contribution in [2.24, 2.45) is 0 Å². The van der Waals surface area contributed by atoms with Crippen LogP contribution in [-0.4, -0.2) is 13.1 Å². The number of aryl methyl sites for hydroxylation is 1. The standard InChI is InChI=1S/C13H14F3N/c1-9-2-3-11(10-4-6-17-7-5-10)12(8-9)13(14,15)16/h2-4,8,17H,5-7H2,1H3. The van der Waals surface area contributed by atoms with E-state index in [1.807, 2.05) is 6.08 Å². The second kappa shape index (κ2) is 4.53. The molecule has 1 nitrogen and oxygen atoms in total. The van der Waals surface area contributed by atoms with Crippen LogP contribution < -0.4 is 5.32 Å². The lowest BCUT2D eigenvalue weighted by Gasteiger charge is -2.19. The van der Waals surface area contributed by atoms with E-state index in [-0.39, 0.29) is 0 Å². The molecular formula is C13H14F3N. The number of hydrogen-bond acceptors (Lipinski definition) is 1. The van der Waals surface area contributed by atoms with Crippen LogP contribution in [0.1, 0.15) is 23.1 Å². The molecule has 1 aliphatic heterocycles. The van der Waals surface area contributed by atoms with Crippen molar-refractivity contribution < 1.29 is 13.2 Å². The van der Waals surface area contributed by atoms with Gasteiger partial charge >= 0.3 is 6.18 Å². The molecule has 2 rings (SSSR count). The van der Waals surface area contributed by atoms with Gasteiger partial charge in [-0.2, -0.15) is 13.2 Å². The summed E-state index contributed by atoms with van der Waals surface area (Å²) < 4.78 is 38.8. The zero-order chi connectivity index (χ0) is 12.5. The molecule has 0 saturated heterocycles. The Morgan fingerprint density at radius 2 is 2.00 bits per heavy atom. The molecule has 0 bridgehead atoms. The maximum absolute atomic E-state index is 12.9. The van der Waals surface area contributed by atoms with Crippen LogP contribution in [0.2, 0.25) is 0 Å². The SMILES string of the molecule is Cc1ccc(C2=CCNCC2)c(C(F)(F)F)c1. The van der Waals surface area contributed by atoms with E-state index in [4.69, 9.17) is 0 Å². The van der Waals surface area contributed by atoms with E-state index in [2.05, 4.69) is 5.32 Å². The molecule has 0 radical (unpaired) electrons. The Hall–Kier alpha value is -1.29. The minimum absolute atomic E-state index is 0.324. The van der Waals surface area contributed by atoms with Crippen LogP contribution in [0, 0.1) is 6.92 Å². The predicted octanol–water partition coefficient (Wildman–Crippen LogP) is 3.39. The minimum Gasteiger partial charge on any atom is -0.313 e. The average Bonchev–Trinajstić information content (AvgIpc) is 2.29. The Morgan fingerprint density at radius 1 is 1.24 bits per heavy atom. The summed E-state index contributed by atoms with van der Waals surface area (Å²) in [5.41, 5.74) is 1.22. The van der Waals surface area contributed by atoms with Gasteiger partial charge < -0.3 is 5.32 Å². The van der Waals surface area contributed by atoms with Gasteiger partial charge in [-0.15, -0.1) is 0 Å². The summed E-state index contributed by atoms with van der Waals surface area (Å²) in [6, 6.07) is 4.53. The summed E-state index contributed by atoms with van der Waals surface area (Å²) in [6.07, 6.45) is -1.80. The highest BCUT2D eigenvalue weighted by atomic mass is 19.4. The third-order valence-corrected chi connectivity index (χ3v) is 2.89. The van der Waals surface area contributed by atoms with Crippen LogP contribution >= 0.6 is 0 Å². The highest BCUT2D eigenvalue weighted by molar-refractivity contribution is 5.70. The number of rotatable bonds is 1. The number of nitrogens with one attached hydrogen (secondary N) is 1. The van der Waals surface area contributed by atoms with Gasteiger partial charge in [0.05, 0.1) is 5.56 Å². The fourth-order valence-electron chi connectivity index (χ4n) is 2.04. The topological polar surface area (TPSA) is 12.0 Å². The molecule has 0 spiro atoms. The summed E-state index contributed by atoms with van der Waals surface area (Å²) in [4.78, 5) is 0. The first-order valence-corrected chi connectivity index (χ1v) is 5.56. The highest BCUT2D eigenvalue weighted by Gasteiger charge is 2.34. The molecule has 0 fully saturated rings. The molecule has 1 aromatic rings. The lowest BCUT2D eigenvalue weighted by Crippen LogP contribution is -2.21. The molecule has 0 atom stereocenters. The second-order valence-electron chi connectivity index (χ2n) is 4.23. The Balaban J connectivity index is 2.49. The molecule has 0 aliphatic carbocycles. The van der Waals surface area contributed by atoms with Crippen molar-refractivity contribution in [2.45, 2.75) is 19.5 Å². The highest BCUT2D eigenvalue weighted by Crippen LogP contribution is 2.36. The van der Waals surface area contributed by atoms with Crippen LogP contribution in [0.3, 0.4) is 0 Å². The Kier molecular flexibility index (Phi) is 3.24. The molecule has 1 N–H and O–H groups in total. The van der Waals surface area contributed by atoms with Gasteiger partial charge in [0.15, 0.2) is 0 Å². The van der Waals surface area contributed by atoms with Gasteiger partial charge in [-0.05, 0) is 37.1 Å². The summed E-state index contributed by atoms with van der Waals surface area (Å²) >= 11 is 0. The molecule has 0 aromatic heterocycles. The smallest absolute Gasteiger partial charge is 0.313 e. The van der Waals surface area contributed by atoms with Crippen molar-refractivity contribution in [3.63, 3.8) is 0 Å². The van der Waals surface area contributed by atoms with Gasteiger partial charge in [0.25, 0.3) is 0 Å². The Morgan fingerprint density at radius 3 is 2.59 bits per heavy atom. The van der Waals surface area contributed by atoms with Crippen LogP contribution in [0.15, 0.2) is 24.3 Å². The molecule has 1 heterocycles. The molecule has 92 valence electrons. The van der Waals surface area contributed by atoms with Gasteiger partial charge in [0.2, 0.25) is 0 Å². The summed E-state index contributed by atoms with van der Waals surface area (Å²) in [7, 11) is 0. The summed E-state index contributed by atoms with van der Waals surface area (Å²) in [6.45, 7) is 3.05. The number of halogens is 3. The predicted molar refractivity (Wildman–Crippen MR) is 61.6 cm³/mol. The maximum atomic E-state index is 12.9. The molecule has 0 saturated carbocycles. The molecule has 1 aromatic carbocycles. The van der Waals surface area contributed by atoms with E-state index >= 15 is 0 Å². The van der Waals surface area contributed by atoms with Crippen molar-refractivity contribution in [3.8, 4) is 0 Å². The van der Waals surface area contributed by atoms with E-state index in [0.717, 1.165) is 12.1 Å². The molecular weight excluding hydrogens is 227 g/mol. The first-order valence-electron chi connectivity index (χ1n) is 5.56. The monoisotopic (exact) mass is 241 g/mol. The molecule has 17 heavy (non-hydrogen) atoms. The third kappa shape index (κ3) is 2.69. The Bertz CT molecular complexity index is 446. The molecule has 0 unspecified atom stereocenters. The summed E-state index contributed by atoms with van der Waals surface area (Å²) in [5, 5.41) is 3.10. The lowest BCUT2D eigenvalue weighted by molar-refractivity contribution is -0.137. The largest absolute Gasteiger partial charge is 0.417 e. The zero-order valence-electron chi connectivity index (χ0n) is 9.56. The zero-order valence-corrected chi connectivity index (χ0v) is 9.56. The van der Waals surface area contributed by atoms with Crippen LogP contribution in [0.5, 0.6) is 0 Å². The van der Waals surface area contributed by atoms with Crippen molar-refractivity contribution in [1.29, 1.82) is 0 Å². The molecule has 0 amide bonds. The van der Waals surface area contributed by atoms with E-state index in [1.165, 1.54) is 6.07 Å². The molecule has 4 heteroatoms. The normalized spacial score (nSPS) is 16.8. The average molecular weight is 241 g/mol. The van der Waals surface area contributed by atoms with Crippen LogP contribution in [0.25, 0.3) is 5.57 Å². The third-order valence-electron chi connectivity index (χ3n) is 2.89. The second-order valence-corrected chi connectivity index (χ2v) is 4.23. The number of alkyl halides is 3. The van der Waals surface area contributed by atoms with Crippen molar-refractivity contribution in [2.75, 3.05) is 13.1 Å². The first-order chi connectivity index (χ1) is 7.98. The van der Waals surface area contributed by atoms with Gasteiger partial charge in [-0.25, -0.2) is 0 Å². The van der Waals surface area contributed by atoms with Crippen LogP contribution in [-0.2, 0) is 6.18 Å². The summed E-state index contributed by atoms with van der Waals surface area (Å²) in [5.74, 6) is 0. The number of hydrogen-bond donors (Lipinski definition) is 1. The van der Waals surface area contributed by atoms with E-state index in [9.17, 15) is 13.2 Å². The first kappa shape index (κ1) is 12.2. The van der Waals surface area contributed by atoms with Gasteiger partial charge in [-0.3, -0.25) is 0 Å². The van der Waals surface area contributed by atoms with E-state index in [0.29, 0.717) is 24.1 Å². The van der Waals surface area contributed by atoms with E-state index in [1.54, 1.807) is 19.1 Å². The minimum atomic E-state index is -4.28. The van der Waals surface area contributed by atoms with Gasteiger partial charge in [-0.1, -0.05) is 23.8 Å². The van der Waals surface area contributed by atoms with Crippen molar-refractivity contribution in [1.82, 2.24) is 5.32 Å². The van der Waals surface area contributed by atoms with E-state index < -0.39 is 11.7 Å². The molecule has 1 aliphatic rings. The lowest BCUT2D eigenvalue weighted by atomic mass is 9.94. The van der Waals surface area contributed by atoms with Crippen LogP contribution in [0.4, 0.5) is 13.2 Å². The fourth-order valence-corrected chi connectivity index (χ4v) is 2.04. The Labute approximate surface area is 98.3 Å². The quantitative estimate of drug-likeness (QED) is 0.794. The number of benzene rings is 1. The van der Waals surface area contributed by atoms with Crippen molar-refractivity contribution in [3.05, 3.63) is 41.0 Å². The fraction of sp³-hybridized carbons (Fsp3) is 0.385. The van der Waals surface area contributed by atoms with Gasteiger partial charge in [0, 0.05) is 6.54 Å².